The molecular weight excluding hydrogens is 288 g/mol. The molecule has 3 nitrogen and oxygen atoms in total. The number of nitrogens with zero attached hydrogens (tertiary/aromatic N) is 2. The summed E-state index contributed by atoms with van der Waals surface area (Å²) in [5, 5.41) is 0.868. The van der Waals surface area contributed by atoms with Crippen molar-refractivity contribution >= 4 is 26.8 Å². The third kappa shape index (κ3) is 6.58. The van der Waals surface area contributed by atoms with E-state index >= 15 is 0 Å². The predicted octanol–water partition coefficient (Wildman–Crippen LogP) is 4.57. The van der Waals surface area contributed by atoms with Gasteiger partial charge in [0, 0.05) is 11.8 Å². The van der Waals surface area contributed by atoms with Crippen molar-refractivity contribution in [3.8, 4) is 5.88 Å². The van der Waals surface area contributed by atoms with Crippen LogP contribution in [0.1, 0.15) is 18.9 Å². The van der Waals surface area contributed by atoms with Crippen LogP contribution < -0.4 is 4.43 Å². The first-order valence-electron chi connectivity index (χ1n) is 6.84. The van der Waals surface area contributed by atoms with Gasteiger partial charge in [0.1, 0.15) is 7.22 Å². The van der Waals surface area contributed by atoms with E-state index in [1.165, 1.54) is 0 Å². The molecule has 19 heavy (non-hydrogen) atoms. The molecule has 0 aliphatic heterocycles. The van der Waals surface area contributed by atoms with Crippen LogP contribution in [0.4, 0.5) is 0 Å². The molecule has 1 aromatic heterocycles. The van der Waals surface area contributed by atoms with Crippen molar-refractivity contribution in [2.45, 2.75) is 64.2 Å². The summed E-state index contributed by atoms with van der Waals surface area (Å²) in [6.45, 7) is 15.7. The minimum Gasteiger partial charge on any atom is -0.531 e. The van der Waals surface area contributed by atoms with Gasteiger partial charge in [0.25, 0.3) is 0 Å². The van der Waals surface area contributed by atoms with Crippen LogP contribution in [0.3, 0.4) is 0 Å². The highest BCUT2D eigenvalue weighted by molar-refractivity contribution is 8.28. The van der Waals surface area contributed by atoms with Gasteiger partial charge >= 0.3 is 0 Å². The molecule has 0 aromatic carbocycles. The molecule has 0 aliphatic rings. The highest BCUT2D eigenvalue weighted by Crippen LogP contribution is 2.29. The fourth-order valence-electron chi connectivity index (χ4n) is 1.52. The summed E-state index contributed by atoms with van der Waals surface area (Å²) < 4.78 is 6.13. The maximum atomic E-state index is 6.13. The van der Waals surface area contributed by atoms with Crippen molar-refractivity contribution in [3.05, 3.63) is 11.8 Å². The van der Waals surface area contributed by atoms with E-state index in [2.05, 4.69) is 56.2 Å². The zero-order valence-electron chi connectivity index (χ0n) is 13.2. The van der Waals surface area contributed by atoms with Gasteiger partial charge in [0.15, 0.2) is 5.16 Å². The summed E-state index contributed by atoms with van der Waals surface area (Å²) >= 11 is 1.82. The first-order chi connectivity index (χ1) is 8.61. The Morgan fingerprint density at radius 2 is 1.79 bits per heavy atom. The summed E-state index contributed by atoms with van der Waals surface area (Å²) in [5.74, 6) is 0.816. The van der Waals surface area contributed by atoms with E-state index in [-0.39, 0.29) is 0 Å². The molecule has 0 N–H and O–H groups in total. The number of hydrogen-bond acceptors (Lipinski definition) is 4. The fraction of sp³-hybridized carbons (Fsp3) is 0.692. The third-order valence-electron chi connectivity index (χ3n) is 2.12. The average Bonchev–Trinajstić information content (AvgIpc) is 2.17. The summed E-state index contributed by atoms with van der Waals surface area (Å²) in [4.78, 5) is 9.16. The van der Waals surface area contributed by atoms with E-state index in [0.717, 1.165) is 29.4 Å². The van der Waals surface area contributed by atoms with Crippen LogP contribution in [-0.4, -0.2) is 25.5 Å². The molecule has 0 amide bonds. The van der Waals surface area contributed by atoms with Crippen molar-refractivity contribution in [1.29, 1.82) is 0 Å². The lowest BCUT2D eigenvalue weighted by Gasteiger charge is -2.21. The van der Waals surface area contributed by atoms with E-state index in [0.29, 0.717) is 0 Å². The van der Waals surface area contributed by atoms with Crippen molar-refractivity contribution in [3.63, 3.8) is 0 Å². The molecule has 0 atom stereocenters. The molecule has 1 rings (SSSR count). The van der Waals surface area contributed by atoms with Gasteiger partial charge in [-0.2, -0.15) is 4.98 Å². The van der Waals surface area contributed by atoms with Gasteiger partial charge in [0.05, 0.1) is 0 Å². The third-order valence-corrected chi connectivity index (χ3v) is 6.30. The predicted molar refractivity (Wildman–Crippen MR) is 89.2 cm³/mol. The summed E-state index contributed by atoms with van der Waals surface area (Å²) in [7, 11) is -2.90. The number of rotatable bonds is 6. The quantitative estimate of drug-likeness (QED) is 0.569. The number of aromatic nitrogens is 2. The summed E-state index contributed by atoms with van der Waals surface area (Å²) in [5.41, 5.74) is 1.14. The molecule has 1 aromatic rings. The van der Waals surface area contributed by atoms with Crippen LogP contribution in [0, 0.1) is 0 Å². The second kappa shape index (κ2) is 6.41. The van der Waals surface area contributed by atoms with Crippen LogP contribution in [0.25, 0.3) is 0 Å². The molecule has 0 saturated carbocycles. The van der Waals surface area contributed by atoms with Crippen LogP contribution in [0.15, 0.2) is 11.4 Å². The van der Waals surface area contributed by atoms with Gasteiger partial charge in [-0.3, -0.25) is 0 Å². The van der Waals surface area contributed by atoms with Gasteiger partial charge < -0.3 is 4.43 Å². The topological polar surface area (TPSA) is 35.0 Å². The molecule has 0 bridgehead atoms. The molecule has 0 radical (unpaired) electrons. The van der Waals surface area contributed by atoms with E-state index in [9.17, 15) is 0 Å². The van der Waals surface area contributed by atoms with E-state index in [1.54, 1.807) is 0 Å². The molecule has 0 fully saturated rings. The Bertz CT molecular complexity index is 428. The maximum absolute atomic E-state index is 6.13. The molecule has 1 heterocycles. The van der Waals surface area contributed by atoms with Gasteiger partial charge in [-0.1, -0.05) is 33.0 Å². The van der Waals surface area contributed by atoms with Crippen molar-refractivity contribution in [2.75, 3.05) is 0 Å². The lowest BCUT2D eigenvalue weighted by Crippen LogP contribution is -2.30. The van der Waals surface area contributed by atoms with Crippen LogP contribution in [0.5, 0.6) is 5.88 Å². The highest BCUT2D eigenvalue weighted by atomic mass is 32.4. The van der Waals surface area contributed by atoms with Crippen LogP contribution >= 0.6 is 11.2 Å². The van der Waals surface area contributed by atoms with Crippen molar-refractivity contribution < 1.29 is 4.43 Å². The Labute approximate surface area is 123 Å². The Hall–Kier alpha value is -0.336. The Morgan fingerprint density at radius 3 is 2.26 bits per heavy atom. The zero-order chi connectivity index (χ0) is 14.7. The second-order valence-electron chi connectivity index (χ2n) is 6.66. The van der Waals surface area contributed by atoms with Gasteiger partial charge in [-0.15, -0.1) is 11.2 Å². The Kier molecular flexibility index (Phi) is 5.64. The first kappa shape index (κ1) is 16.7. The lowest BCUT2D eigenvalue weighted by molar-refractivity contribution is 0.513. The smallest absolute Gasteiger partial charge is 0.244 e. The van der Waals surface area contributed by atoms with Crippen molar-refractivity contribution in [2.24, 2.45) is 0 Å². The zero-order valence-corrected chi connectivity index (χ0v) is 16.0. The van der Waals surface area contributed by atoms with E-state index < -0.39 is 15.5 Å². The minimum atomic E-state index is -1.63. The minimum absolute atomic E-state index is 0.816. The SMILES string of the molecule is CCCc1cnc(S[Si](C)(C)C)nc1O[Si](C)(C)C. The normalized spacial score (nSPS) is 12.6. The maximum Gasteiger partial charge on any atom is 0.244 e. The van der Waals surface area contributed by atoms with Crippen LogP contribution in [-0.2, 0) is 6.42 Å². The largest absolute Gasteiger partial charge is 0.531 e. The lowest BCUT2D eigenvalue weighted by atomic mass is 10.2. The van der Waals surface area contributed by atoms with Crippen molar-refractivity contribution in [1.82, 2.24) is 9.97 Å². The summed E-state index contributed by atoms with van der Waals surface area (Å²) in [6, 6.07) is 0. The molecule has 0 spiro atoms. The molecule has 0 unspecified atom stereocenters. The summed E-state index contributed by atoms with van der Waals surface area (Å²) in [6.07, 6.45) is 4.03. The van der Waals surface area contributed by atoms with Gasteiger partial charge in [-0.25, -0.2) is 4.98 Å². The standard InChI is InChI=1S/C13H26N2OSSi2/c1-8-9-11-10-14-13(17-19(5,6)7)15-12(11)16-18(2,3)4/h10H,8-9H2,1-7H3. The van der Waals surface area contributed by atoms with Gasteiger partial charge in [-0.05, 0) is 26.1 Å². The first-order valence-corrected chi connectivity index (χ1v) is 15.3. The van der Waals surface area contributed by atoms with E-state index in [4.69, 9.17) is 4.43 Å². The second-order valence-corrected chi connectivity index (χ2v) is 20.2. The molecule has 6 heteroatoms. The molecule has 0 aliphatic carbocycles. The molecule has 108 valence electrons. The average molecular weight is 315 g/mol. The van der Waals surface area contributed by atoms with E-state index in [1.807, 2.05) is 17.4 Å². The van der Waals surface area contributed by atoms with Gasteiger partial charge in [0.2, 0.25) is 14.2 Å². The van der Waals surface area contributed by atoms with Crippen LogP contribution in [0.2, 0.25) is 39.3 Å². The molecule has 0 saturated heterocycles. The fourth-order valence-corrected chi connectivity index (χ4v) is 4.99. The monoisotopic (exact) mass is 314 g/mol. The Morgan fingerprint density at radius 1 is 1.16 bits per heavy atom. The number of aryl methyl sites for hydroxylation is 1. The number of hydrogen-bond donors (Lipinski definition) is 0. The molecular formula is C13H26N2OSSi2. The Balaban J connectivity index is 3.04. The highest BCUT2D eigenvalue weighted by Gasteiger charge is 2.22.